The van der Waals surface area contributed by atoms with Crippen LogP contribution in [0.5, 0.6) is 0 Å². The topological polar surface area (TPSA) is 74.4 Å². The van der Waals surface area contributed by atoms with Gasteiger partial charge in [-0.15, -0.1) is 0 Å². The Morgan fingerprint density at radius 3 is 2.86 bits per heavy atom. The van der Waals surface area contributed by atoms with Crippen LogP contribution in [0.1, 0.15) is 24.4 Å². The molecule has 6 nitrogen and oxygen atoms in total. The van der Waals surface area contributed by atoms with E-state index in [0.29, 0.717) is 6.54 Å². The average Bonchev–Trinajstić information content (AvgIpc) is 3.17. The van der Waals surface area contributed by atoms with Gasteiger partial charge in [-0.2, -0.15) is 5.53 Å². The van der Waals surface area contributed by atoms with E-state index in [-0.39, 0.29) is 23.9 Å². The van der Waals surface area contributed by atoms with Crippen molar-refractivity contribution in [2.24, 2.45) is 0 Å². The van der Waals surface area contributed by atoms with E-state index in [1.807, 2.05) is 0 Å². The van der Waals surface area contributed by atoms with E-state index in [0.717, 1.165) is 25.0 Å². The number of carbonyl (C=O) groups is 1. The Bertz CT molecular complexity index is 490. The third kappa shape index (κ3) is 3.38. The number of hydrazine groups is 2. The van der Waals surface area contributed by atoms with Gasteiger partial charge in [0.05, 0.1) is 12.1 Å². The van der Waals surface area contributed by atoms with Crippen molar-refractivity contribution >= 4 is 5.91 Å². The Kier molecular flexibility index (Phi) is 4.45. The zero-order valence-electron chi connectivity index (χ0n) is 11.6. The van der Waals surface area contributed by atoms with E-state index in [9.17, 15) is 9.18 Å². The number of hydrogen-bond donors (Lipinski definition) is 4. The molecule has 0 aliphatic carbocycles. The van der Waals surface area contributed by atoms with Gasteiger partial charge in [0.2, 0.25) is 5.91 Å². The van der Waals surface area contributed by atoms with Gasteiger partial charge in [-0.1, -0.05) is 12.1 Å². The van der Waals surface area contributed by atoms with Crippen LogP contribution >= 0.6 is 0 Å². The molecule has 1 aromatic carbocycles. The third-order valence-electron chi connectivity index (χ3n) is 3.83. The molecule has 2 aliphatic rings. The predicted octanol–water partition coefficient (Wildman–Crippen LogP) is 0.143. The van der Waals surface area contributed by atoms with E-state index >= 15 is 0 Å². The van der Waals surface area contributed by atoms with Crippen molar-refractivity contribution in [1.82, 2.24) is 21.7 Å². The molecule has 21 heavy (non-hydrogen) atoms. The minimum atomic E-state index is -0.461. The lowest BCUT2D eigenvalue weighted by atomic mass is 10.00. The molecule has 1 aromatic rings. The summed E-state index contributed by atoms with van der Waals surface area (Å²) in [6.07, 6.45) is 2.14. The fourth-order valence-electron chi connectivity index (χ4n) is 2.66. The van der Waals surface area contributed by atoms with Gasteiger partial charge < -0.3 is 10.1 Å². The zero-order chi connectivity index (χ0) is 14.7. The van der Waals surface area contributed by atoms with Gasteiger partial charge in [0.25, 0.3) is 0 Å². The largest absolute Gasteiger partial charge is 0.376 e. The number of amides is 1. The van der Waals surface area contributed by atoms with Gasteiger partial charge >= 0.3 is 0 Å². The number of ether oxygens (including phenoxy) is 1. The van der Waals surface area contributed by atoms with Crippen LogP contribution in [0.3, 0.4) is 0 Å². The standard InChI is InChI=1S/C14H19FN4O2/c15-10-5-3-9(4-6-10)12-13(18-19-17-12)14(20)16-8-11-2-1-7-21-11/h3-6,11-13,17-19H,1-2,7-8H2,(H,16,20). The van der Waals surface area contributed by atoms with Crippen molar-refractivity contribution in [3.63, 3.8) is 0 Å². The van der Waals surface area contributed by atoms with E-state index in [4.69, 9.17) is 4.74 Å². The lowest BCUT2D eigenvalue weighted by molar-refractivity contribution is -0.123. The second kappa shape index (κ2) is 6.48. The lowest BCUT2D eigenvalue weighted by Crippen LogP contribution is -2.47. The molecule has 0 bridgehead atoms. The summed E-state index contributed by atoms with van der Waals surface area (Å²) in [7, 11) is 0. The Balaban J connectivity index is 1.60. The Morgan fingerprint density at radius 1 is 1.33 bits per heavy atom. The molecule has 3 unspecified atom stereocenters. The van der Waals surface area contributed by atoms with Gasteiger partial charge in [0, 0.05) is 13.2 Å². The molecule has 7 heteroatoms. The van der Waals surface area contributed by atoms with Gasteiger partial charge in [-0.25, -0.2) is 15.2 Å². The minimum Gasteiger partial charge on any atom is -0.376 e. The maximum atomic E-state index is 13.0. The molecule has 0 radical (unpaired) electrons. The molecule has 0 saturated carbocycles. The quantitative estimate of drug-likeness (QED) is 0.636. The highest BCUT2D eigenvalue weighted by molar-refractivity contribution is 5.83. The zero-order valence-corrected chi connectivity index (χ0v) is 11.6. The average molecular weight is 294 g/mol. The number of benzene rings is 1. The summed E-state index contributed by atoms with van der Waals surface area (Å²) >= 11 is 0. The van der Waals surface area contributed by atoms with Crippen LogP contribution in [0.2, 0.25) is 0 Å². The maximum Gasteiger partial charge on any atom is 0.240 e. The molecule has 114 valence electrons. The van der Waals surface area contributed by atoms with Crippen LogP contribution in [-0.2, 0) is 9.53 Å². The van der Waals surface area contributed by atoms with Crippen molar-refractivity contribution in [2.75, 3.05) is 13.2 Å². The summed E-state index contributed by atoms with van der Waals surface area (Å²) in [4.78, 5) is 12.3. The Labute approximate surface area is 122 Å². The minimum absolute atomic E-state index is 0.112. The van der Waals surface area contributed by atoms with Crippen LogP contribution in [0.4, 0.5) is 4.39 Å². The molecule has 3 rings (SSSR count). The van der Waals surface area contributed by atoms with Gasteiger partial charge in [0.1, 0.15) is 11.9 Å². The van der Waals surface area contributed by atoms with Crippen molar-refractivity contribution in [2.45, 2.75) is 31.0 Å². The molecule has 0 aromatic heterocycles. The highest BCUT2D eigenvalue weighted by atomic mass is 19.1. The summed E-state index contributed by atoms with van der Waals surface area (Å²) < 4.78 is 18.5. The van der Waals surface area contributed by atoms with Crippen LogP contribution in [-0.4, -0.2) is 31.2 Å². The molecule has 0 spiro atoms. The van der Waals surface area contributed by atoms with Crippen LogP contribution in [0.25, 0.3) is 0 Å². The van der Waals surface area contributed by atoms with Crippen LogP contribution < -0.4 is 21.7 Å². The van der Waals surface area contributed by atoms with Crippen molar-refractivity contribution in [3.05, 3.63) is 35.6 Å². The summed E-state index contributed by atoms with van der Waals surface area (Å²) in [5.74, 6) is -0.408. The fraction of sp³-hybridized carbons (Fsp3) is 0.500. The third-order valence-corrected chi connectivity index (χ3v) is 3.83. The van der Waals surface area contributed by atoms with Gasteiger partial charge in [0.15, 0.2) is 0 Å². The van der Waals surface area contributed by atoms with Crippen LogP contribution in [0.15, 0.2) is 24.3 Å². The molecule has 1 amide bonds. The first-order chi connectivity index (χ1) is 10.2. The smallest absolute Gasteiger partial charge is 0.240 e. The van der Waals surface area contributed by atoms with Crippen LogP contribution in [0, 0.1) is 5.82 Å². The summed E-state index contributed by atoms with van der Waals surface area (Å²) in [6.45, 7) is 1.29. The highest BCUT2D eigenvalue weighted by Gasteiger charge is 2.34. The summed E-state index contributed by atoms with van der Waals surface area (Å²) in [6, 6.07) is 5.39. The Hall–Kier alpha value is -1.54. The summed E-state index contributed by atoms with van der Waals surface area (Å²) in [5, 5.41) is 2.90. The van der Waals surface area contributed by atoms with Gasteiger partial charge in [-0.3, -0.25) is 4.79 Å². The van der Waals surface area contributed by atoms with Crippen molar-refractivity contribution in [3.8, 4) is 0 Å². The molecule has 4 N–H and O–H groups in total. The molecule has 2 heterocycles. The first-order valence-electron chi connectivity index (χ1n) is 7.15. The summed E-state index contributed by atoms with van der Waals surface area (Å²) in [5.41, 5.74) is 9.46. The highest BCUT2D eigenvalue weighted by Crippen LogP contribution is 2.19. The molecule has 2 aliphatic heterocycles. The van der Waals surface area contributed by atoms with E-state index in [1.54, 1.807) is 12.1 Å². The molecular formula is C14H19FN4O2. The second-order valence-corrected chi connectivity index (χ2v) is 5.30. The van der Waals surface area contributed by atoms with E-state index in [2.05, 4.69) is 21.7 Å². The fourth-order valence-corrected chi connectivity index (χ4v) is 2.66. The number of halogens is 1. The van der Waals surface area contributed by atoms with E-state index < -0.39 is 6.04 Å². The Morgan fingerprint density at radius 2 is 2.14 bits per heavy atom. The predicted molar refractivity (Wildman–Crippen MR) is 74.3 cm³/mol. The van der Waals surface area contributed by atoms with Crippen molar-refractivity contribution in [1.29, 1.82) is 0 Å². The maximum absolute atomic E-state index is 13.0. The normalized spacial score (nSPS) is 28.7. The van der Waals surface area contributed by atoms with Crippen molar-refractivity contribution < 1.29 is 13.9 Å². The first kappa shape index (κ1) is 14.4. The molecule has 3 atom stereocenters. The van der Waals surface area contributed by atoms with E-state index in [1.165, 1.54) is 12.1 Å². The monoisotopic (exact) mass is 294 g/mol. The number of hydrogen-bond acceptors (Lipinski definition) is 5. The lowest BCUT2D eigenvalue weighted by Gasteiger charge is -2.19. The second-order valence-electron chi connectivity index (χ2n) is 5.30. The SMILES string of the molecule is O=C(NCC1CCCO1)C1NNNC1c1ccc(F)cc1. The number of nitrogens with one attached hydrogen (secondary N) is 4. The van der Waals surface area contributed by atoms with Gasteiger partial charge in [-0.05, 0) is 30.5 Å². The molecule has 2 fully saturated rings. The molecule has 2 saturated heterocycles. The molecular weight excluding hydrogens is 275 g/mol. The number of rotatable bonds is 4. The number of carbonyl (C=O) groups excluding carboxylic acids is 1. The first-order valence-corrected chi connectivity index (χ1v) is 7.15.